The number of hydrogen-bond acceptors (Lipinski definition) is 2. The predicted octanol–water partition coefficient (Wildman–Crippen LogP) is 7.29. The minimum absolute atomic E-state index is 0.358. The van der Waals surface area contributed by atoms with E-state index in [4.69, 9.17) is 23.2 Å². The van der Waals surface area contributed by atoms with Crippen LogP contribution in [-0.2, 0) is 11.8 Å². The number of likely N-dealkylation sites (N-methyl/N-ethyl adjacent to an activating group) is 1. The van der Waals surface area contributed by atoms with Gasteiger partial charge in [0.05, 0.1) is 11.5 Å². The molecule has 1 aliphatic carbocycles. The van der Waals surface area contributed by atoms with Gasteiger partial charge in [0, 0.05) is 28.2 Å². The molecule has 2 aromatic rings. The lowest BCUT2D eigenvalue weighted by Crippen LogP contribution is -2.38. The predicted molar refractivity (Wildman–Crippen MR) is 127 cm³/mol. The lowest BCUT2D eigenvalue weighted by atomic mass is 9.72. The molecule has 0 bridgehead atoms. The summed E-state index contributed by atoms with van der Waals surface area (Å²) in [6, 6.07) is 19.4. The molecule has 0 amide bonds. The lowest BCUT2D eigenvalue weighted by molar-refractivity contribution is 0.181. The first-order valence-corrected chi connectivity index (χ1v) is 11.9. The number of benzene rings is 2. The molecule has 2 nitrogen and oxygen atoms in total. The van der Waals surface area contributed by atoms with Gasteiger partial charge in [-0.05, 0) is 68.7 Å². The third-order valence-corrected chi connectivity index (χ3v) is 7.31. The average molecular weight is 443 g/mol. The van der Waals surface area contributed by atoms with E-state index in [1.165, 1.54) is 5.56 Å². The Morgan fingerprint density at radius 2 is 1.73 bits per heavy atom. The molecule has 0 radical (unpaired) electrons. The summed E-state index contributed by atoms with van der Waals surface area (Å²) in [6.07, 6.45) is 6.07. The van der Waals surface area contributed by atoms with E-state index in [0.717, 1.165) is 57.2 Å². The van der Waals surface area contributed by atoms with E-state index in [2.05, 4.69) is 55.1 Å². The second-order valence-electron chi connectivity index (χ2n) is 8.42. The fourth-order valence-electron chi connectivity index (χ4n) is 4.79. The second-order valence-corrected chi connectivity index (χ2v) is 9.23. The quantitative estimate of drug-likeness (QED) is 0.365. The van der Waals surface area contributed by atoms with Crippen LogP contribution in [0.25, 0.3) is 0 Å². The summed E-state index contributed by atoms with van der Waals surface area (Å²) in [7, 11) is 0. The molecule has 2 unspecified atom stereocenters. The molecule has 0 N–H and O–H groups in total. The van der Waals surface area contributed by atoms with Crippen molar-refractivity contribution in [3.8, 4) is 6.07 Å². The van der Waals surface area contributed by atoms with Crippen LogP contribution in [0.15, 0.2) is 48.5 Å². The summed E-state index contributed by atoms with van der Waals surface area (Å²) < 4.78 is 0. The van der Waals surface area contributed by atoms with Crippen molar-refractivity contribution in [2.75, 3.05) is 13.1 Å². The molecule has 1 aliphatic rings. The summed E-state index contributed by atoms with van der Waals surface area (Å²) in [5.41, 5.74) is 1.64. The summed E-state index contributed by atoms with van der Waals surface area (Å²) in [4.78, 5) is 2.57. The van der Waals surface area contributed by atoms with Gasteiger partial charge >= 0.3 is 0 Å². The van der Waals surface area contributed by atoms with Crippen LogP contribution in [0, 0.1) is 17.2 Å². The van der Waals surface area contributed by atoms with Crippen molar-refractivity contribution in [3.63, 3.8) is 0 Å². The maximum absolute atomic E-state index is 10.3. The van der Waals surface area contributed by atoms with Crippen LogP contribution < -0.4 is 0 Å². The minimum atomic E-state index is -0.582. The minimum Gasteiger partial charge on any atom is -0.300 e. The van der Waals surface area contributed by atoms with Gasteiger partial charge in [-0.25, -0.2) is 0 Å². The van der Waals surface area contributed by atoms with Crippen LogP contribution in [0.1, 0.15) is 57.1 Å². The lowest BCUT2D eigenvalue weighted by Gasteiger charge is -2.35. The summed E-state index contributed by atoms with van der Waals surface area (Å²) in [6.45, 7) is 6.54. The molecule has 0 aliphatic heterocycles. The Kier molecular flexibility index (Phi) is 8.23. The highest BCUT2D eigenvalue weighted by Crippen LogP contribution is 2.53. The smallest absolute Gasteiger partial charge is 0.0879 e. The van der Waals surface area contributed by atoms with Crippen LogP contribution in [0.5, 0.6) is 0 Å². The average Bonchev–Trinajstić information content (AvgIpc) is 3.61. The fourth-order valence-corrected chi connectivity index (χ4v) is 5.53. The highest BCUT2D eigenvalue weighted by molar-refractivity contribution is 6.36. The topological polar surface area (TPSA) is 27.0 Å². The van der Waals surface area contributed by atoms with Gasteiger partial charge in [-0.1, -0.05) is 73.4 Å². The number of halogens is 2. The standard InChI is InChI=1S/C26H32Cl2N2/c1-3-22(30(4-2)18-16-20-9-6-5-7-10-20)15-17-26(19-29,21-13-14-21)25-23(27)11-8-12-24(25)28/h5-12,21-22H,3-4,13-18H2,1-2H3. The SMILES string of the molecule is CCC(CCC(C#N)(c1c(Cl)cccc1Cl)C1CC1)N(CC)CCc1ccccc1. The van der Waals surface area contributed by atoms with Crippen LogP contribution in [0.3, 0.4) is 0 Å². The van der Waals surface area contributed by atoms with E-state index in [0.29, 0.717) is 22.0 Å². The van der Waals surface area contributed by atoms with Crippen molar-refractivity contribution in [2.24, 2.45) is 5.92 Å². The van der Waals surface area contributed by atoms with Gasteiger partial charge in [0.25, 0.3) is 0 Å². The Hall–Kier alpha value is -1.53. The molecule has 0 aromatic heterocycles. The highest BCUT2D eigenvalue weighted by Gasteiger charge is 2.49. The zero-order valence-corrected chi connectivity index (χ0v) is 19.6. The molecule has 1 fully saturated rings. The number of nitrogens with zero attached hydrogens (tertiary/aromatic N) is 2. The fraction of sp³-hybridized carbons (Fsp3) is 0.500. The summed E-state index contributed by atoms with van der Waals surface area (Å²) in [5, 5.41) is 11.6. The van der Waals surface area contributed by atoms with Gasteiger partial charge in [0.2, 0.25) is 0 Å². The van der Waals surface area contributed by atoms with Crippen molar-refractivity contribution < 1.29 is 0 Å². The maximum Gasteiger partial charge on any atom is 0.0879 e. The first kappa shape index (κ1) is 23.1. The van der Waals surface area contributed by atoms with E-state index < -0.39 is 5.41 Å². The van der Waals surface area contributed by atoms with E-state index >= 15 is 0 Å². The molecule has 0 heterocycles. The molecule has 1 saturated carbocycles. The molecule has 30 heavy (non-hydrogen) atoms. The third kappa shape index (κ3) is 5.20. The number of rotatable bonds is 11. The van der Waals surface area contributed by atoms with E-state index in [1.807, 2.05) is 18.2 Å². The second kappa shape index (κ2) is 10.7. The van der Waals surface area contributed by atoms with Crippen molar-refractivity contribution in [1.82, 2.24) is 4.90 Å². The molecule has 2 atom stereocenters. The number of hydrogen-bond donors (Lipinski definition) is 0. The van der Waals surface area contributed by atoms with Gasteiger partial charge in [-0.3, -0.25) is 0 Å². The Balaban J connectivity index is 1.75. The van der Waals surface area contributed by atoms with Crippen LogP contribution in [-0.4, -0.2) is 24.0 Å². The van der Waals surface area contributed by atoms with E-state index in [9.17, 15) is 5.26 Å². The summed E-state index contributed by atoms with van der Waals surface area (Å²) in [5.74, 6) is 0.358. The Bertz CT molecular complexity index is 837. The third-order valence-electron chi connectivity index (χ3n) is 6.68. The molecule has 0 saturated heterocycles. The van der Waals surface area contributed by atoms with Crippen molar-refractivity contribution >= 4 is 23.2 Å². The van der Waals surface area contributed by atoms with Gasteiger partial charge in [0.15, 0.2) is 0 Å². The molecular formula is C26H32Cl2N2. The van der Waals surface area contributed by atoms with Crippen LogP contribution in [0.4, 0.5) is 0 Å². The Morgan fingerprint density at radius 3 is 2.27 bits per heavy atom. The van der Waals surface area contributed by atoms with Crippen LogP contribution in [0.2, 0.25) is 10.0 Å². The van der Waals surface area contributed by atoms with Crippen LogP contribution >= 0.6 is 23.2 Å². The van der Waals surface area contributed by atoms with Gasteiger partial charge in [-0.2, -0.15) is 5.26 Å². The molecule has 0 spiro atoms. The zero-order chi connectivity index (χ0) is 21.6. The molecule has 4 heteroatoms. The Labute approximate surface area is 191 Å². The van der Waals surface area contributed by atoms with Crippen molar-refractivity contribution in [2.45, 2.75) is 63.8 Å². The maximum atomic E-state index is 10.3. The molecular weight excluding hydrogens is 411 g/mol. The Morgan fingerprint density at radius 1 is 1.07 bits per heavy atom. The van der Waals surface area contributed by atoms with Gasteiger partial charge in [0.1, 0.15) is 0 Å². The first-order valence-electron chi connectivity index (χ1n) is 11.2. The normalized spacial score (nSPS) is 16.8. The highest BCUT2D eigenvalue weighted by atomic mass is 35.5. The first-order chi connectivity index (χ1) is 14.6. The van der Waals surface area contributed by atoms with Crippen molar-refractivity contribution in [3.05, 3.63) is 69.7 Å². The van der Waals surface area contributed by atoms with Crippen molar-refractivity contribution in [1.29, 1.82) is 5.26 Å². The van der Waals surface area contributed by atoms with E-state index in [1.54, 1.807) is 0 Å². The summed E-state index contributed by atoms with van der Waals surface area (Å²) >= 11 is 13.2. The van der Waals surface area contributed by atoms with Gasteiger partial charge in [-0.15, -0.1) is 0 Å². The monoisotopic (exact) mass is 442 g/mol. The molecule has 3 rings (SSSR count). The largest absolute Gasteiger partial charge is 0.300 e. The van der Waals surface area contributed by atoms with Gasteiger partial charge < -0.3 is 4.90 Å². The van der Waals surface area contributed by atoms with E-state index in [-0.39, 0.29) is 0 Å². The molecule has 160 valence electrons. The zero-order valence-electron chi connectivity index (χ0n) is 18.1. The number of nitriles is 1. The molecule has 2 aromatic carbocycles.